The molecule has 2 aliphatic heterocycles. The molecule has 1 spiro atoms. The zero-order chi connectivity index (χ0) is 23.1. The van der Waals surface area contributed by atoms with Crippen molar-refractivity contribution in [1.82, 2.24) is 8.87 Å². The van der Waals surface area contributed by atoms with Crippen LogP contribution in [0.3, 0.4) is 0 Å². The highest BCUT2D eigenvalue weighted by Gasteiger charge is 2.51. The number of hydrogen-bond donors (Lipinski definition) is 1. The van der Waals surface area contributed by atoms with Crippen LogP contribution in [0.5, 0.6) is 0 Å². The fourth-order valence-corrected chi connectivity index (χ4v) is 6.98. The van der Waals surface area contributed by atoms with Crippen LogP contribution < -0.4 is 0 Å². The van der Waals surface area contributed by atoms with Crippen molar-refractivity contribution in [2.45, 2.75) is 36.5 Å². The molecule has 3 heterocycles. The van der Waals surface area contributed by atoms with Gasteiger partial charge in [0.25, 0.3) is 10.0 Å². The molecule has 1 aromatic heterocycles. The quantitative estimate of drug-likeness (QED) is 0.595. The van der Waals surface area contributed by atoms with E-state index in [2.05, 4.69) is 11.8 Å². The molecular weight excluding hydrogens is 440 g/mol. The highest BCUT2D eigenvalue weighted by atomic mass is 32.2. The standard InChI is InChI=1S/C25H30N2O5S/c1-2-20-18-26(12-13-28)24(17-25(20)31-14-15-32-25)23-16-19-8-6-7-11-22(19)27(23)33(29,30)21-9-4-3-5-10-21/h3-11,16,20,24,28H,2,12-15,17-18H2,1H3/t20-,24-/m0/s1. The van der Waals surface area contributed by atoms with E-state index in [1.165, 1.54) is 3.97 Å². The number of aliphatic hydroxyl groups is 1. The zero-order valence-corrected chi connectivity index (χ0v) is 19.6. The van der Waals surface area contributed by atoms with Gasteiger partial charge < -0.3 is 14.6 Å². The minimum Gasteiger partial charge on any atom is -0.395 e. The first-order valence-electron chi connectivity index (χ1n) is 11.5. The number of piperidine rings is 1. The lowest BCUT2D eigenvalue weighted by Gasteiger charge is -2.48. The molecule has 2 aliphatic rings. The number of para-hydroxylation sites is 1. The van der Waals surface area contributed by atoms with E-state index in [0.717, 1.165) is 11.8 Å². The number of aliphatic hydroxyl groups excluding tert-OH is 1. The topological polar surface area (TPSA) is 81.0 Å². The lowest BCUT2D eigenvalue weighted by Crippen LogP contribution is -2.54. The molecule has 3 aromatic rings. The summed E-state index contributed by atoms with van der Waals surface area (Å²) in [6.07, 6.45) is 1.38. The maximum Gasteiger partial charge on any atom is 0.268 e. The molecule has 2 aromatic carbocycles. The molecule has 0 saturated carbocycles. The Morgan fingerprint density at radius 3 is 2.45 bits per heavy atom. The van der Waals surface area contributed by atoms with Gasteiger partial charge in [0.2, 0.25) is 0 Å². The van der Waals surface area contributed by atoms with Crippen molar-refractivity contribution < 1.29 is 23.0 Å². The van der Waals surface area contributed by atoms with Crippen molar-refractivity contribution in [3.05, 3.63) is 66.4 Å². The second-order valence-electron chi connectivity index (χ2n) is 8.76. The van der Waals surface area contributed by atoms with Gasteiger partial charge in [-0.3, -0.25) is 4.90 Å². The van der Waals surface area contributed by atoms with Gasteiger partial charge in [-0.1, -0.05) is 43.3 Å². The van der Waals surface area contributed by atoms with Gasteiger partial charge in [0.05, 0.1) is 42.0 Å². The number of nitrogens with zero attached hydrogens (tertiary/aromatic N) is 2. The van der Waals surface area contributed by atoms with Crippen molar-refractivity contribution in [2.24, 2.45) is 5.92 Å². The van der Waals surface area contributed by atoms with E-state index in [4.69, 9.17) is 9.47 Å². The number of β-amino-alcohol motifs (C(OH)–C–C–N with tert-alkyl or cyclic N) is 1. The van der Waals surface area contributed by atoms with Crippen molar-refractivity contribution in [2.75, 3.05) is 32.9 Å². The van der Waals surface area contributed by atoms with Crippen LogP contribution in [0.25, 0.3) is 10.9 Å². The highest BCUT2D eigenvalue weighted by molar-refractivity contribution is 7.90. The molecule has 0 unspecified atom stereocenters. The van der Waals surface area contributed by atoms with Crippen LogP contribution in [0.2, 0.25) is 0 Å². The van der Waals surface area contributed by atoms with E-state index in [1.807, 2.05) is 30.3 Å². The monoisotopic (exact) mass is 470 g/mol. The molecule has 5 rings (SSSR count). The average molecular weight is 471 g/mol. The van der Waals surface area contributed by atoms with Crippen molar-refractivity contribution in [3.8, 4) is 0 Å². The van der Waals surface area contributed by atoms with E-state index in [1.54, 1.807) is 30.3 Å². The van der Waals surface area contributed by atoms with Gasteiger partial charge in [-0.25, -0.2) is 12.4 Å². The van der Waals surface area contributed by atoms with Crippen LogP contribution >= 0.6 is 0 Å². The van der Waals surface area contributed by atoms with Crippen LogP contribution in [0.4, 0.5) is 0 Å². The SMILES string of the molecule is CC[C@H]1CN(CCO)[C@H](c2cc3ccccc3n2S(=O)(=O)c2ccccc2)CC12OCCO2. The normalized spacial score (nSPS) is 23.5. The molecule has 33 heavy (non-hydrogen) atoms. The minimum atomic E-state index is -3.85. The van der Waals surface area contributed by atoms with E-state index in [9.17, 15) is 13.5 Å². The second kappa shape index (κ2) is 8.85. The summed E-state index contributed by atoms with van der Waals surface area (Å²) >= 11 is 0. The van der Waals surface area contributed by atoms with Crippen molar-refractivity contribution in [3.63, 3.8) is 0 Å². The lowest BCUT2D eigenvalue weighted by atomic mass is 9.83. The summed E-state index contributed by atoms with van der Waals surface area (Å²) in [5.74, 6) is -0.588. The third kappa shape index (κ3) is 3.80. The van der Waals surface area contributed by atoms with Crippen LogP contribution in [0, 0.1) is 5.92 Å². The fraction of sp³-hybridized carbons (Fsp3) is 0.440. The van der Waals surface area contributed by atoms with E-state index < -0.39 is 15.8 Å². The number of hydrogen-bond acceptors (Lipinski definition) is 6. The minimum absolute atomic E-state index is 0.00663. The molecule has 2 atom stereocenters. The molecule has 0 bridgehead atoms. The molecule has 8 heteroatoms. The number of benzene rings is 2. The number of ether oxygens (including phenoxy) is 2. The van der Waals surface area contributed by atoms with Crippen LogP contribution in [-0.4, -0.2) is 61.1 Å². The first kappa shape index (κ1) is 22.6. The van der Waals surface area contributed by atoms with E-state index >= 15 is 0 Å². The Hall–Kier alpha value is -2.23. The smallest absolute Gasteiger partial charge is 0.268 e. The molecule has 1 N–H and O–H groups in total. The molecule has 0 aliphatic carbocycles. The Morgan fingerprint density at radius 2 is 1.76 bits per heavy atom. The predicted octanol–water partition coefficient (Wildman–Crippen LogP) is 3.39. The van der Waals surface area contributed by atoms with Gasteiger partial charge >= 0.3 is 0 Å². The summed E-state index contributed by atoms with van der Waals surface area (Å²) < 4.78 is 41.6. The number of rotatable bonds is 6. The molecule has 176 valence electrons. The Labute approximate surface area is 194 Å². The first-order chi connectivity index (χ1) is 16.0. The Balaban J connectivity index is 1.69. The average Bonchev–Trinajstić information content (AvgIpc) is 3.46. The Morgan fingerprint density at radius 1 is 1.06 bits per heavy atom. The zero-order valence-electron chi connectivity index (χ0n) is 18.8. The van der Waals surface area contributed by atoms with E-state index in [-0.39, 0.29) is 23.5 Å². The van der Waals surface area contributed by atoms with Crippen LogP contribution in [-0.2, 0) is 19.5 Å². The summed E-state index contributed by atoms with van der Waals surface area (Å²) in [6, 6.07) is 17.7. The van der Waals surface area contributed by atoms with Gasteiger partial charge in [-0.05, 0) is 30.7 Å². The predicted molar refractivity (Wildman–Crippen MR) is 125 cm³/mol. The number of aromatic nitrogens is 1. The lowest BCUT2D eigenvalue weighted by molar-refractivity contribution is -0.234. The summed E-state index contributed by atoms with van der Waals surface area (Å²) in [5.41, 5.74) is 1.31. The largest absolute Gasteiger partial charge is 0.395 e. The summed E-state index contributed by atoms with van der Waals surface area (Å²) in [5, 5.41) is 10.7. The van der Waals surface area contributed by atoms with E-state index in [0.29, 0.717) is 43.9 Å². The third-order valence-corrected chi connectivity index (χ3v) is 8.72. The van der Waals surface area contributed by atoms with Crippen molar-refractivity contribution >= 4 is 20.9 Å². The third-order valence-electron chi connectivity index (χ3n) is 6.97. The molecule has 2 fully saturated rings. The first-order valence-corrected chi connectivity index (χ1v) is 13.0. The van der Waals surface area contributed by atoms with Gasteiger partial charge in [-0.2, -0.15) is 0 Å². The summed E-state index contributed by atoms with van der Waals surface area (Å²) in [4.78, 5) is 2.42. The molecule has 0 radical (unpaired) electrons. The number of likely N-dealkylation sites (tertiary alicyclic amines) is 1. The van der Waals surface area contributed by atoms with Gasteiger partial charge in [0.15, 0.2) is 5.79 Å². The second-order valence-corrected chi connectivity index (χ2v) is 10.5. The van der Waals surface area contributed by atoms with Gasteiger partial charge in [0.1, 0.15) is 0 Å². The molecular formula is C25H30N2O5S. The molecule has 2 saturated heterocycles. The van der Waals surface area contributed by atoms with Gasteiger partial charge in [-0.15, -0.1) is 0 Å². The summed E-state index contributed by atoms with van der Waals surface area (Å²) in [6.45, 7) is 4.29. The summed E-state index contributed by atoms with van der Waals surface area (Å²) in [7, 11) is -3.85. The van der Waals surface area contributed by atoms with Crippen LogP contribution in [0.1, 0.15) is 31.5 Å². The maximum absolute atomic E-state index is 13.9. The fourth-order valence-electron chi connectivity index (χ4n) is 5.40. The number of fused-ring (bicyclic) bond motifs is 1. The van der Waals surface area contributed by atoms with Crippen molar-refractivity contribution in [1.29, 1.82) is 0 Å². The Kier molecular flexibility index (Phi) is 6.05. The highest BCUT2D eigenvalue weighted by Crippen LogP contribution is 2.47. The Bertz CT molecular complexity index is 1220. The molecule has 0 amide bonds. The maximum atomic E-state index is 13.9. The van der Waals surface area contributed by atoms with Crippen LogP contribution in [0.15, 0.2) is 65.6 Å². The molecule has 7 nitrogen and oxygen atoms in total. The van der Waals surface area contributed by atoms with Gasteiger partial charge in [0, 0.05) is 30.8 Å².